The second kappa shape index (κ2) is 21.0. The molecule has 0 bridgehead atoms. The van der Waals surface area contributed by atoms with Crippen molar-refractivity contribution < 1.29 is 60.4 Å². The topological polar surface area (TPSA) is 57.7 Å². The fourth-order valence-corrected chi connectivity index (χ4v) is 4.07. The molecule has 6 heteroatoms. The van der Waals surface area contributed by atoms with E-state index < -0.39 is 0 Å². The van der Waals surface area contributed by atoms with Crippen molar-refractivity contribution in [3.05, 3.63) is 104 Å². The molecule has 0 saturated carbocycles. The average molecular weight is 563 g/mol. The first-order valence-corrected chi connectivity index (χ1v) is 12.1. The van der Waals surface area contributed by atoms with Crippen LogP contribution in [0, 0.1) is 51.9 Å². The summed E-state index contributed by atoms with van der Waals surface area (Å²) in [6.45, 7) is 9.48. The second-order valence-electron chi connectivity index (χ2n) is 8.28. The fraction of sp³-hybridized carbons (Fsp3) is 0.206. The Hall–Kier alpha value is -2.81. The minimum Gasteiger partial charge on any atom is -0.358 e. The van der Waals surface area contributed by atoms with Crippen molar-refractivity contribution in [2.24, 2.45) is 5.73 Å². The summed E-state index contributed by atoms with van der Waals surface area (Å²) in [7, 11) is 3.66. The average Bonchev–Trinajstić information content (AvgIpc) is 3.57. The van der Waals surface area contributed by atoms with Crippen molar-refractivity contribution in [1.29, 1.82) is 0 Å². The molecule has 204 valence electrons. The third-order valence-electron chi connectivity index (χ3n) is 6.11. The van der Waals surface area contributed by atoms with Crippen LogP contribution < -0.4 is 57.1 Å². The van der Waals surface area contributed by atoms with Gasteiger partial charge in [0.1, 0.15) is 25.0 Å². The van der Waals surface area contributed by atoms with Gasteiger partial charge in [0.25, 0.3) is 0 Å². The van der Waals surface area contributed by atoms with Gasteiger partial charge in [-0.25, -0.2) is 13.9 Å². The molecule has 0 amide bonds. The van der Waals surface area contributed by atoms with Crippen molar-refractivity contribution in [3.8, 4) is 36.8 Å². The molecule has 0 radical (unpaired) electrons. The summed E-state index contributed by atoms with van der Waals surface area (Å²) >= 11 is 0. The zero-order valence-electron chi connectivity index (χ0n) is 24.8. The number of hydrogen-bond donors (Lipinski definition) is 2. The van der Waals surface area contributed by atoms with Gasteiger partial charge in [0.2, 0.25) is 0 Å². The Kier molecular flexibility index (Phi) is 20.7. The molecule has 3 heterocycles. The summed E-state index contributed by atoms with van der Waals surface area (Å²) in [5, 5.41) is 0.925. The van der Waals surface area contributed by atoms with Gasteiger partial charge in [0, 0.05) is 48.9 Å². The Balaban J connectivity index is 0. The van der Waals surface area contributed by atoms with E-state index in [2.05, 4.69) is 78.7 Å². The number of aryl methyl sites for hydroxylation is 1. The van der Waals surface area contributed by atoms with Crippen LogP contribution in [-0.4, -0.2) is 40.9 Å². The number of nitrogens with zero attached hydrogens (tertiary/aromatic N) is 2. The van der Waals surface area contributed by atoms with Crippen LogP contribution in [0.25, 0.3) is 27.7 Å². The van der Waals surface area contributed by atoms with E-state index in [4.69, 9.17) is 0 Å². The first kappa shape index (κ1) is 39.3. The quantitative estimate of drug-likeness (QED) is 0.172. The Bertz CT molecular complexity index is 1360. The Morgan fingerprint density at radius 3 is 2.20 bits per heavy atom. The smallest absolute Gasteiger partial charge is 0.358 e. The first-order valence-electron chi connectivity index (χ1n) is 12.1. The number of hydrogen-bond acceptors (Lipinski definition) is 2. The largest absolute Gasteiger partial charge is 1.00 e. The maximum Gasteiger partial charge on any atom is 1.00 e. The number of aromatic nitrogens is 2. The van der Waals surface area contributed by atoms with Gasteiger partial charge in [0.15, 0.2) is 0 Å². The number of benzene rings is 2. The van der Waals surface area contributed by atoms with Crippen molar-refractivity contribution in [2.75, 3.05) is 20.6 Å². The Morgan fingerprint density at radius 1 is 1.07 bits per heavy atom. The maximum atomic E-state index is 14.3. The molecular weight excluding hydrogens is 522 g/mol. The summed E-state index contributed by atoms with van der Waals surface area (Å²) in [5.41, 5.74) is 11.7. The first-order chi connectivity index (χ1) is 18.5. The molecule has 0 aliphatic carbocycles. The minimum absolute atomic E-state index is 0. The SMILES string of the molecule is C#C.C#C.C=C(c1c(F)[c-]ccc1C)c1c[nH]c2ncc(-c3ccccc3)cc12.CC1=[N+](C)CCC1.CN.[CH3-].[K+]. The van der Waals surface area contributed by atoms with Gasteiger partial charge in [0.05, 0.1) is 0 Å². The van der Waals surface area contributed by atoms with Crippen molar-refractivity contribution >= 4 is 22.3 Å². The molecule has 0 spiro atoms. The van der Waals surface area contributed by atoms with Crippen molar-refractivity contribution in [2.45, 2.75) is 26.7 Å². The second-order valence-corrected chi connectivity index (χ2v) is 8.28. The maximum absolute atomic E-state index is 14.3. The molecule has 4 aromatic rings. The van der Waals surface area contributed by atoms with Crippen LogP contribution in [0.15, 0.2) is 67.5 Å². The monoisotopic (exact) mass is 562 g/mol. The van der Waals surface area contributed by atoms with Crippen molar-refractivity contribution in [3.63, 3.8) is 0 Å². The zero-order valence-corrected chi connectivity index (χ0v) is 27.9. The summed E-state index contributed by atoms with van der Waals surface area (Å²) in [5.74, 6) is -0.383. The van der Waals surface area contributed by atoms with Gasteiger partial charge in [-0.3, -0.25) is 0 Å². The number of pyridine rings is 1. The molecule has 3 N–H and O–H groups in total. The molecule has 0 saturated heterocycles. The van der Waals surface area contributed by atoms with Crippen molar-refractivity contribution in [1.82, 2.24) is 9.97 Å². The number of halogens is 1. The van der Waals surface area contributed by atoms with E-state index in [9.17, 15) is 4.39 Å². The predicted octanol–water partition coefficient (Wildman–Crippen LogP) is 3.95. The van der Waals surface area contributed by atoms with Gasteiger partial charge < -0.3 is 18.1 Å². The summed E-state index contributed by atoms with van der Waals surface area (Å²) < 4.78 is 16.6. The third-order valence-corrected chi connectivity index (χ3v) is 6.11. The van der Waals surface area contributed by atoms with Crippen LogP contribution in [0.5, 0.6) is 0 Å². The number of rotatable bonds is 3. The molecule has 1 aliphatic rings. The predicted molar refractivity (Wildman–Crippen MR) is 167 cm³/mol. The standard InChI is InChI=1S/C22H16FN2.C6H12N.2C2H2.CH5N.CH3.K/c1-14-7-6-10-20(23)21(14)15(2)19-13-25-22-18(19)11-17(12-24-22)16-8-4-3-5-9-16;1-6-4-3-5-7(6)2;3*1-2;;/h3-9,11-13H,2H2,1H3,(H,24,25);3-5H2,1-2H3;2*1-2H;2H2,1H3;1H3;/q-1;+1;;;;-1;+1. The molecule has 0 fully saturated rings. The third kappa shape index (κ3) is 10.3. The Labute approximate surface area is 283 Å². The molecule has 40 heavy (non-hydrogen) atoms. The van der Waals surface area contributed by atoms with Crippen LogP contribution >= 0.6 is 0 Å². The van der Waals surface area contributed by atoms with E-state index in [1.807, 2.05) is 55.7 Å². The van der Waals surface area contributed by atoms with Gasteiger partial charge in [-0.2, -0.15) is 17.7 Å². The summed E-state index contributed by atoms with van der Waals surface area (Å²) in [4.78, 5) is 7.65. The molecule has 4 nitrogen and oxygen atoms in total. The van der Waals surface area contributed by atoms with Crippen LogP contribution in [-0.2, 0) is 0 Å². The summed E-state index contributed by atoms with van der Waals surface area (Å²) in [6.07, 6.45) is 22.3. The van der Waals surface area contributed by atoms with Gasteiger partial charge >= 0.3 is 51.4 Å². The zero-order chi connectivity index (χ0) is 28.7. The van der Waals surface area contributed by atoms with E-state index in [1.165, 1.54) is 26.4 Å². The molecule has 5 rings (SSSR count). The summed E-state index contributed by atoms with van der Waals surface area (Å²) in [6, 6.07) is 18.2. The van der Waals surface area contributed by atoms with Gasteiger partial charge in [-0.1, -0.05) is 48.4 Å². The number of aromatic amines is 1. The van der Waals surface area contributed by atoms with E-state index in [0.717, 1.165) is 33.3 Å². The van der Waals surface area contributed by atoms with Crippen LogP contribution in [0.1, 0.15) is 36.5 Å². The molecular formula is C34H40FKN4. The van der Waals surface area contributed by atoms with Crippen LogP contribution in [0.3, 0.4) is 0 Å². The number of terminal acetylenes is 2. The van der Waals surface area contributed by atoms with Gasteiger partial charge in [-0.05, 0) is 24.2 Å². The molecule has 2 aromatic carbocycles. The Morgan fingerprint density at radius 2 is 1.70 bits per heavy atom. The van der Waals surface area contributed by atoms with E-state index in [1.54, 1.807) is 11.8 Å². The molecule has 0 atom stereocenters. The van der Waals surface area contributed by atoms with Gasteiger partial charge in [-0.15, -0.1) is 38.3 Å². The van der Waals surface area contributed by atoms with E-state index >= 15 is 0 Å². The molecule has 0 unspecified atom stereocenters. The minimum atomic E-state index is -0.383. The molecule has 2 aromatic heterocycles. The van der Waals surface area contributed by atoms with E-state index in [-0.39, 0.29) is 64.6 Å². The fourth-order valence-electron chi connectivity index (χ4n) is 4.07. The number of nitrogens with one attached hydrogen (secondary N) is 1. The van der Waals surface area contributed by atoms with Crippen LogP contribution in [0.4, 0.5) is 4.39 Å². The number of H-pyrrole nitrogens is 1. The normalized spacial score (nSPS) is 10.8. The molecule has 1 aliphatic heterocycles. The van der Waals surface area contributed by atoms with E-state index in [0.29, 0.717) is 11.1 Å². The van der Waals surface area contributed by atoms with Crippen LogP contribution in [0.2, 0.25) is 0 Å². The number of fused-ring (bicyclic) bond motifs is 1. The number of nitrogens with two attached hydrogens (primary N) is 1.